The minimum absolute atomic E-state index is 0.649. The SMILES string of the molecule is C[S+]([O-])/C=C/[C@H]1OC2(CCCCC2)O[C@H]1C(=O)O. The van der Waals surface area contributed by atoms with Gasteiger partial charge in [-0.1, -0.05) is 6.42 Å². The van der Waals surface area contributed by atoms with Crippen molar-refractivity contribution in [2.45, 2.75) is 50.1 Å². The minimum Gasteiger partial charge on any atom is -0.612 e. The molecule has 3 atom stereocenters. The lowest BCUT2D eigenvalue weighted by Gasteiger charge is -2.31. The standard InChI is InChI=1S/C12H18O5S/c1-18(15)8-5-9-10(11(13)14)17-12(16-9)6-3-2-4-7-12/h5,8-10H,2-4,6-7H2,1H3,(H,13,14)/b8-5+/t9-,10-,18?/m1/s1. The van der Waals surface area contributed by atoms with Crippen molar-refractivity contribution in [3.05, 3.63) is 11.5 Å². The van der Waals surface area contributed by atoms with Crippen LogP contribution in [0.25, 0.3) is 0 Å². The molecular formula is C12H18O5S. The zero-order chi connectivity index (χ0) is 13.2. The molecule has 0 aromatic heterocycles. The molecule has 2 fully saturated rings. The molecule has 1 unspecified atom stereocenters. The van der Waals surface area contributed by atoms with E-state index >= 15 is 0 Å². The number of hydrogen-bond acceptors (Lipinski definition) is 4. The Morgan fingerprint density at radius 3 is 2.61 bits per heavy atom. The van der Waals surface area contributed by atoms with Crippen LogP contribution in [-0.4, -0.2) is 39.9 Å². The van der Waals surface area contributed by atoms with E-state index < -0.39 is 35.1 Å². The third-order valence-electron chi connectivity index (χ3n) is 3.31. The molecule has 1 saturated heterocycles. The van der Waals surface area contributed by atoms with Crippen molar-refractivity contribution < 1.29 is 23.9 Å². The molecular weight excluding hydrogens is 256 g/mol. The molecule has 1 saturated carbocycles. The van der Waals surface area contributed by atoms with Crippen molar-refractivity contribution >= 4 is 17.1 Å². The first-order chi connectivity index (χ1) is 8.52. The summed E-state index contributed by atoms with van der Waals surface area (Å²) in [6.45, 7) is 0. The summed E-state index contributed by atoms with van der Waals surface area (Å²) in [5.41, 5.74) is 0. The highest BCUT2D eigenvalue weighted by Crippen LogP contribution is 2.40. The molecule has 0 bridgehead atoms. The maximum Gasteiger partial charge on any atom is 0.336 e. The molecule has 18 heavy (non-hydrogen) atoms. The van der Waals surface area contributed by atoms with Crippen LogP contribution in [0, 0.1) is 0 Å². The Bertz CT molecular complexity index is 335. The smallest absolute Gasteiger partial charge is 0.336 e. The van der Waals surface area contributed by atoms with Gasteiger partial charge in [-0.2, -0.15) is 0 Å². The van der Waals surface area contributed by atoms with Crippen LogP contribution >= 0.6 is 0 Å². The van der Waals surface area contributed by atoms with Crippen LogP contribution in [0.4, 0.5) is 0 Å². The number of rotatable bonds is 3. The lowest BCUT2D eigenvalue weighted by molar-refractivity contribution is -0.196. The molecule has 102 valence electrons. The summed E-state index contributed by atoms with van der Waals surface area (Å²) in [4.78, 5) is 11.2. The van der Waals surface area contributed by atoms with Crippen molar-refractivity contribution in [1.82, 2.24) is 0 Å². The Hall–Kier alpha value is -0.560. The fourth-order valence-electron chi connectivity index (χ4n) is 2.48. The summed E-state index contributed by atoms with van der Waals surface area (Å²) in [5.74, 6) is -1.78. The summed E-state index contributed by atoms with van der Waals surface area (Å²) in [6.07, 6.45) is 5.99. The molecule has 2 rings (SSSR count). The molecule has 1 heterocycles. The zero-order valence-electron chi connectivity index (χ0n) is 10.3. The summed E-state index contributed by atoms with van der Waals surface area (Å²) >= 11 is -1.12. The number of aliphatic carboxylic acids is 1. The van der Waals surface area contributed by atoms with Gasteiger partial charge in [-0.15, -0.1) is 0 Å². The first kappa shape index (κ1) is 13.9. The van der Waals surface area contributed by atoms with Crippen LogP contribution in [-0.2, 0) is 25.4 Å². The van der Waals surface area contributed by atoms with Crippen LogP contribution < -0.4 is 0 Å². The monoisotopic (exact) mass is 274 g/mol. The van der Waals surface area contributed by atoms with Gasteiger partial charge in [-0.25, -0.2) is 4.79 Å². The van der Waals surface area contributed by atoms with Gasteiger partial charge in [0.25, 0.3) is 0 Å². The van der Waals surface area contributed by atoms with E-state index in [2.05, 4.69) is 0 Å². The van der Waals surface area contributed by atoms with Gasteiger partial charge in [-0.3, -0.25) is 0 Å². The van der Waals surface area contributed by atoms with Crippen LogP contribution in [0.2, 0.25) is 0 Å². The van der Waals surface area contributed by atoms with E-state index in [-0.39, 0.29) is 0 Å². The summed E-state index contributed by atoms with van der Waals surface area (Å²) in [7, 11) is 0. The van der Waals surface area contributed by atoms with E-state index in [4.69, 9.17) is 14.6 Å². The minimum atomic E-state index is -1.12. The van der Waals surface area contributed by atoms with E-state index in [1.807, 2.05) is 0 Å². The average molecular weight is 274 g/mol. The average Bonchev–Trinajstić information content (AvgIpc) is 2.66. The topological polar surface area (TPSA) is 78.8 Å². The van der Waals surface area contributed by atoms with E-state index in [0.29, 0.717) is 0 Å². The number of hydrogen-bond donors (Lipinski definition) is 1. The second-order valence-electron chi connectivity index (χ2n) is 4.76. The quantitative estimate of drug-likeness (QED) is 0.787. The molecule has 1 spiro atoms. The highest BCUT2D eigenvalue weighted by molar-refractivity contribution is 7.93. The third-order valence-corrected chi connectivity index (χ3v) is 3.85. The van der Waals surface area contributed by atoms with Crippen LogP contribution in [0.15, 0.2) is 11.5 Å². The normalized spacial score (nSPS) is 33.0. The summed E-state index contributed by atoms with van der Waals surface area (Å²) in [5, 5.41) is 10.6. The van der Waals surface area contributed by atoms with E-state index in [1.165, 1.54) is 17.7 Å². The van der Waals surface area contributed by atoms with Gasteiger partial charge in [-0.05, 0) is 30.1 Å². The van der Waals surface area contributed by atoms with E-state index in [9.17, 15) is 9.35 Å². The third kappa shape index (κ3) is 3.06. The molecule has 6 heteroatoms. The maximum absolute atomic E-state index is 11.2. The lowest BCUT2D eigenvalue weighted by atomic mass is 9.94. The first-order valence-electron chi connectivity index (χ1n) is 6.11. The molecule has 0 radical (unpaired) electrons. The number of ether oxygens (including phenoxy) is 2. The van der Waals surface area contributed by atoms with Crippen molar-refractivity contribution in [3.8, 4) is 0 Å². The molecule has 1 N–H and O–H groups in total. The Labute approximate surface area is 109 Å². The fourth-order valence-corrected chi connectivity index (χ4v) is 2.86. The fraction of sp³-hybridized carbons (Fsp3) is 0.750. The Morgan fingerprint density at radius 1 is 1.39 bits per heavy atom. The van der Waals surface area contributed by atoms with E-state index in [0.717, 1.165) is 32.1 Å². The van der Waals surface area contributed by atoms with Gasteiger partial charge in [0.1, 0.15) is 11.5 Å². The second-order valence-corrected chi connectivity index (χ2v) is 6.03. The Morgan fingerprint density at radius 2 is 2.06 bits per heavy atom. The highest BCUT2D eigenvalue weighted by atomic mass is 32.2. The molecule has 0 aromatic rings. The van der Waals surface area contributed by atoms with Crippen molar-refractivity contribution in [1.29, 1.82) is 0 Å². The van der Waals surface area contributed by atoms with Crippen molar-refractivity contribution in [3.63, 3.8) is 0 Å². The van der Waals surface area contributed by atoms with Gasteiger partial charge in [0, 0.05) is 12.8 Å². The van der Waals surface area contributed by atoms with Crippen molar-refractivity contribution in [2.24, 2.45) is 0 Å². The van der Waals surface area contributed by atoms with Gasteiger partial charge in [0.05, 0.1) is 6.26 Å². The summed E-state index contributed by atoms with van der Waals surface area (Å²) < 4.78 is 22.4. The number of carboxylic acids is 1. The second kappa shape index (κ2) is 5.61. The molecule has 2 aliphatic rings. The van der Waals surface area contributed by atoms with Gasteiger partial charge in [0.15, 0.2) is 11.9 Å². The molecule has 1 aliphatic carbocycles. The van der Waals surface area contributed by atoms with Gasteiger partial charge >= 0.3 is 5.97 Å². The number of carboxylic acid groups (broad SMARTS) is 1. The van der Waals surface area contributed by atoms with Crippen molar-refractivity contribution in [2.75, 3.05) is 6.26 Å². The van der Waals surface area contributed by atoms with Crippen LogP contribution in [0.3, 0.4) is 0 Å². The Kier molecular flexibility index (Phi) is 4.32. The predicted molar refractivity (Wildman–Crippen MR) is 66.4 cm³/mol. The molecule has 0 aromatic carbocycles. The Balaban J connectivity index is 2.10. The van der Waals surface area contributed by atoms with Crippen LogP contribution in [0.1, 0.15) is 32.1 Å². The van der Waals surface area contributed by atoms with E-state index in [1.54, 1.807) is 0 Å². The largest absolute Gasteiger partial charge is 0.612 e. The van der Waals surface area contributed by atoms with Crippen LogP contribution in [0.5, 0.6) is 0 Å². The van der Waals surface area contributed by atoms with Gasteiger partial charge < -0.3 is 19.1 Å². The lowest BCUT2D eigenvalue weighted by Crippen LogP contribution is -2.34. The molecule has 5 nitrogen and oxygen atoms in total. The summed E-state index contributed by atoms with van der Waals surface area (Å²) in [6, 6.07) is 0. The zero-order valence-corrected chi connectivity index (χ0v) is 11.1. The highest BCUT2D eigenvalue weighted by Gasteiger charge is 2.50. The molecule has 0 amide bonds. The predicted octanol–water partition coefficient (Wildman–Crippen LogP) is 1.41. The first-order valence-corrected chi connectivity index (χ1v) is 7.74. The molecule has 1 aliphatic heterocycles. The maximum atomic E-state index is 11.2. The number of carbonyl (C=O) groups is 1. The van der Waals surface area contributed by atoms with Gasteiger partial charge in [0.2, 0.25) is 0 Å².